The maximum absolute atomic E-state index is 13.8. The first-order chi connectivity index (χ1) is 12.4. The molecular weight excluding hydrogens is 365 g/mol. The van der Waals surface area contributed by atoms with Crippen LogP contribution in [0.15, 0.2) is 30.3 Å². The second kappa shape index (κ2) is 6.36. The molecule has 0 spiro atoms. The summed E-state index contributed by atoms with van der Waals surface area (Å²) in [5.41, 5.74) is 2.62. The van der Waals surface area contributed by atoms with Crippen LogP contribution in [0.5, 0.6) is 0 Å². The molecule has 4 rings (SSSR count). The first-order valence-corrected chi connectivity index (χ1v) is 8.55. The van der Waals surface area contributed by atoms with E-state index in [4.69, 9.17) is 11.6 Å². The monoisotopic (exact) mass is 378 g/mol. The zero-order valence-corrected chi connectivity index (χ0v) is 14.3. The van der Waals surface area contributed by atoms with Crippen LogP contribution >= 0.6 is 11.6 Å². The maximum Gasteiger partial charge on any atom is 0.254 e. The Kier molecular flexibility index (Phi) is 4.15. The standard InChI is InChI=1S/C19H14ClF3N2O/c20-9-1-5-15-12(7-9)13-8-10(2-6-16(13)25-15)24-19(26)11-3-4-14(21)18(23)17(11)22/h1,3-5,7,10,25H,2,6,8H2,(H,24,26). The molecular formula is C19H14ClF3N2O. The number of amides is 1. The van der Waals surface area contributed by atoms with Crippen LogP contribution in [0, 0.1) is 17.5 Å². The van der Waals surface area contributed by atoms with Gasteiger partial charge in [-0.3, -0.25) is 4.79 Å². The summed E-state index contributed by atoms with van der Waals surface area (Å²) < 4.78 is 40.2. The lowest BCUT2D eigenvalue weighted by Crippen LogP contribution is -2.39. The van der Waals surface area contributed by atoms with Gasteiger partial charge in [-0.15, -0.1) is 0 Å². The second-order valence-electron chi connectivity index (χ2n) is 6.41. The highest BCUT2D eigenvalue weighted by atomic mass is 35.5. The van der Waals surface area contributed by atoms with E-state index in [9.17, 15) is 18.0 Å². The summed E-state index contributed by atoms with van der Waals surface area (Å²) in [5, 5.41) is 4.33. The predicted molar refractivity (Wildman–Crippen MR) is 92.9 cm³/mol. The van der Waals surface area contributed by atoms with Crippen LogP contribution in [0.3, 0.4) is 0 Å². The Morgan fingerprint density at radius 3 is 2.77 bits per heavy atom. The van der Waals surface area contributed by atoms with E-state index in [1.165, 1.54) is 0 Å². The lowest BCUT2D eigenvalue weighted by Gasteiger charge is -2.24. The third-order valence-corrected chi connectivity index (χ3v) is 5.00. The highest BCUT2D eigenvalue weighted by Crippen LogP contribution is 2.31. The number of aryl methyl sites for hydroxylation is 1. The lowest BCUT2D eigenvalue weighted by atomic mass is 9.91. The quantitative estimate of drug-likeness (QED) is 0.632. The Hall–Kier alpha value is -2.47. The van der Waals surface area contributed by atoms with E-state index in [0.29, 0.717) is 24.3 Å². The molecule has 1 aromatic heterocycles. The van der Waals surface area contributed by atoms with Crippen molar-refractivity contribution < 1.29 is 18.0 Å². The Morgan fingerprint density at radius 2 is 1.96 bits per heavy atom. The average molecular weight is 379 g/mol. The molecule has 1 aliphatic carbocycles. The largest absolute Gasteiger partial charge is 0.358 e. The number of aromatic nitrogens is 1. The van der Waals surface area contributed by atoms with Crippen LogP contribution in [0.25, 0.3) is 10.9 Å². The fraction of sp³-hybridized carbons (Fsp3) is 0.211. The molecule has 0 bridgehead atoms. The minimum atomic E-state index is -1.64. The summed E-state index contributed by atoms with van der Waals surface area (Å²) in [6.07, 6.45) is 1.92. The minimum absolute atomic E-state index is 0.236. The fourth-order valence-corrected chi connectivity index (χ4v) is 3.65. The van der Waals surface area contributed by atoms with E-state index >= 15 is 0 Å². The molecule has 1 heterocycles. The van der Waals surface area contributed by atoms with Crippen LogP contribution in [0.4, 0.5) is 13.2 Å². The summed E-state index contributed by atoms with van der Waals surface area (Å²) in [7, 11) is 0. The molecule has 3 aromatic rings. The zero-order valence-electron chi connectivity index (χ0n) is 13.5. The average Bonchev–Trinajstić information content (AvgIpc) is 2.97. The summed E-state index contributed by atoms with van der Waals surface area (Å²) in [4.78, 5) is 15.6. The summed E-state index contributed by atoms with van der Waals surface area (Å²) >= 11 is 6.07. The Bertz CT molecular complexity index is 1030. The Morgan fingerprint density at radius 1 is 1.15 bits per heavy atom. The second-order valence-corrected chi connectivity index (χ2v) is 6.84. The van der Waals surface area contributed by atoms with Crippen LogP contribution in [-0.4, -0.2) is 16.9 Å². The number of halogens is 4. The number of carbonyl (C=O) groups is 1. The molecule has 0 radical (unpaired) electrons. The van der Waals surface area contributed by atoms with Gasteiger partial charge >= 0.3 is 0 Å². The Labute approximate surface area is 152 Å². The van der Waals surface area contributed by atoms with Crippen LogP contribution in [-0.2, 0) is 12.8 Å². The molecule has 1 amide bonds. The molecule has 26 heavy (non-hydrogen) atoms. The number of fused-ring (bicyclic) bond motifs is 3. The number of H-pyrrole nitrogens is 1. The minimum Gasteiger partial charge on any atom is -0.358 e. The molecule has 1 unspecified atom stereocenters. The molecule has 1 aliphatic rings. The molecule has 2 N–H and O–H groups in total. The highest BCUT2D eigenvalue weighted by molar-refractivity contribution is 6.31. The first-order valence-electron chi connectivity index (χ1n) is 8.17. The molecule has 0 fully saturated rings. The van der Waals surface area contributed by atoms with Crippen LogP contribution in [0.1, 0.15) is 28.0 Å². The molecule has 0 saturated carbocycles. The van der Waals surface area contributed by atoms with Gasteiger partial charge in [0.2, 0.25) is 0 Å². The number of carbonyl (C=O) groups excluding carboxylic acids is 1. The molecule has 2 aromatic carbocycles. The van der Waals surface area contributed by atoms with E-state index < -0.39 is 28.9 Å². The highest BCUT2D eigenvalue weighted by Gasteiger charge is 2.26. The van der Waals surface area contributed by atoms with Gasteiger partial charge in [0.25, 0.3) is 5.91 Å². The van der Waals surface area contributed by atoms with Crippen molar-refractivity contribution in [3.05, 3.63) is 69.6 Å². The predicted octanol–water partition coefficient (Wildman–Crippen LogP) is 4.53. The van der Waals surface area contributed by atoms with Crippen molar-refractivity contribution in [1.82, 2.24) is 10.3 Å². The third-order valence-electron chi connectivity index (χ3n) is 4.76. The van der Waals surface area contributed by atoms with Gasteiger partial charge in [-0.1, -0.05) is 11.6 Å². The number of nitrogens with one attached hydrogen (secondary N) is 2. The molecule has 134 valence electrons. The zero-order chi connectivity index (χ0) is 18.4. The lowest BCUT2D eigenvalue weighted by molar-refractivity contribution is 0.0928. The molecule has 0 saturated heterocycles. The van der Waals surface area contributed by atoms with Gasteiger partial charge in [0, 0.05) is 27.7 Å². The van der Waals surface area contributed by atoms with Crippen molar-refractivity contribution in [2.75, 3.05) is 0 Å². The molecule has 3 nitrogen and oxygen atoms in total. The Balaban J connectivity index is 1.58. The number of benzene rings is 2. The topological polar surface area (TPSA) is 44.9 Å². The van der Waals surface area contributed by atoms with Gasteiger partial charge < -0.3 is 10.3 Å². The molecule has 7 heteroatoms. The van der Waals surface area contributed by atoms with E-state index in [1.807, 2.05) is 12.1 Å². The van der Waals surface area contributed by atoms with Crippen molar-refractivity contribution in [2.45, 2.75) is 25.3 Å². The van der Waals surface area contributed by atoms with Crippen molar-refractivity contribution in [2.24, 2.45) is 0 Å². The van der Waals surface area contributed by atoms with E-state index in [2.05, 4.69) is 10.3 Å². The first kappa shape index (κ1) is 17.0. The smallest absolute Gasteiger partial charge is 0.254 e. The number of hydrogen-bond acceptors (Lipinski definition) is 1. The summed E-state index contributed by atoms with van der Waals surface area (Å²) in [6.45, 7) is 0. The normalized spacial score (nSPS) is 16.5. The van der Waals surface area contributed by atoms with Gasteiger partial charge in [-0.2, -0.15) is 0 Å². The number of aromatic amines is 1. The van der Waals surface area contributed by atoms with Crippen molar-refractivity contribution in [3.63, 3.8) is 0 Å². The van der Waals surface area contributed by atoms with Gasteiger partial charge in [0.05, 0.1) is 5.56 Å². The maximum atomic E-state index is 13.8. The van der Waals surface area contributed by atoms with Crippen molar-refractivity contribution in [3.8, 4) is 0 Å². The number of rotatable bonds is 2. The van der Waals surface area contributed by atoms with E-state index in [1.54, 1.807) is 6.07 Å². The van der Waals surface area contributed by atoms with Crippen molar-refractivity contribution in [1.29, 1.82) is 0 Å². The van der Waals surface area contributed by atoms with Gasteiger partial charge in [-0.25, -0.2) is 13.2 Å². The third kappa shape index (κ3) is 2.84. The molecule has 1 atom stereocenters. The fourth-order valence-electron chi connectivity index (χ4n) is 3.48. The summed E-state index contributed by atoms with van der Waals surface area (Å²) in [5.74, 6) is -5.20. The van der Waals surface area contributed by atoms with Crippen LogP contribution < -0.4 is 5.32 Å². The SMILES string of the molecule is O=C(NC1CCc2[nH]c3ccc(Cl)cc3c2C1)c1ccc(F)c(F)c1F. The number of hydrogen-bond donors (Lipinski definition) is 2. The van der Waals surface area contributed by atoms with E-state index in [-0.39, 0.29) is 6.04 Å². The van der Waals surface area contributed by atoms with E-state index in [0.717, 1.165) is 34.3 Å². The summed E-state index contributed by atoms with van der Waals surface area (Å²) in [6, 6.07) is 7.03. The van der Waals surface area contributed by atoms with Crippen LogP contribution in [0.2, 0.25) is 5.02 Å². The van der Waals surface area contributed by atoms with Gasteiger partial charge in [0.15, 0.2) is 17.5 Å². The van der Waals surface area contributed by atoms with Gasteiger partial charge in [-0.05, 0) is 55.2 Å². The molecule has 0 aliphatic heterocycles. The van der Waals surface area contributed by atoms with Crippen molar-refractivity contribution >= 4 is 28.4 Å². The van der Waals surface area contributed by atoms with Gasteiger partial charge in [0.1, 0.15) is 0 Å².